The summed E-state index contributed by atoms with van der Waals surface area (Å²) in [5.41, 5.74) is 0.470. The molecule has 3 heteroatoms. The summed E-state index contributed by atoms with van der Waals surface area (Å²) in [6, 6.07) is 0.794. The maximum atomic E-state index is 3.72. The van der Waals surface area contributed by atoms with E-state index in [1.54, 1.807) is 0 Å². The van der Waals surface area contributed by atoms with Gasteiger partial charge in [0.25, 0.3) is 0 Å². The monoisotopic (exact) mass is 304 g/mol. The largest absolute Gasteiger partial charge is 0.306 e. The van der Waals surface area contributed by atoms with Gasteiger partial charge in [-0.25, -0.2) is 0 Å². The standard InChI is InChI=1S/C14H29BrN2/c1-5-14(6-2,11-15)12-17(4)13-7-9-16(3)10-8-13/h13H,5-12H2,1-4H3. The van der Waals surface area contributed by atoms with Crippen LogP contribution in [0.4, 0.5) is 0 Å². The molecule has 1 heterocycles. The minimum absolute atomic E-state index is 0.470. The van der Waals surface area contributed by atoms with Crippen molar-refractivity contribution in [2.45, 2.75) is 45.6 Å². The van der Waals surface area contributed by atoms with E-state index >= 15 is 0 Å². The molecule has 0 unspecified atom stereocenters. The summed E-state index contributed by atoms with van der Waals surface area (Å²) < 4.78 is 0. The predicted octanol–water partition coefficient (Wildman–Crippen LogP) is 3.21. The molecule has 0 atom stereocenters. The highest BCUT2D eigenvalue weighted by Gasteiger charge is 2.30. The molecule has 1 rings (SSSR count). The molecular weight excluding hydrogens is 276 g/mol. The summed E-state index contributed by atoms with van der Waals surface area (Å²) in [4.78, 5) is 5.06. The number of hydrogen-bond donors (Lipinski definition) is 0. The van der Waals surface area contributed by atoms with Crippen LogP contribution in [0.15, 0.2) is 0 Å². The molecule has 1 saturated heterocycles. The first-order valence-corrected chi connectivity index (χ1v) is 8.13. The average Bonchev–Trinajstić information content (AvgIpc) is 2.37. The molecule has 0 amide bonds. The van der Waals surface area contributed by atoms with Gasteiger partial charge in [-0.2, -0.15) is 0 Å². The van der Waals surface area contributed by atoms with Crippen LogP contribution in [0.25, 0.3) is 0 Å². The molecule has 1 fully saturated rings. The van der Waals surface area contributed by atoms with Crippen LogP contribution in [-0.4, -0.2) is 54.9 Å². The lowest BCUT2D eigenvalue weighted by Gasteiger charge is -2.40. The highest BCUT2D eigenvalue weighted by atomic mass is 79.9. The Labute approximate surface area is 116 Å². The van der Waals surface area contributed by atoms with Gasteiger partial charge in [0.15, 0.2) is 0 Å². The Kier molecular flexibility index (Phi) is 6.46. The Bertz CT molecular complexity index is 200. The van der Waals surface area contributed by atoms with Crippen molar-refractivity contribution in [3.63, 3.8) is 0 Å². The van der Waals surface area contributed by atoms with Crippen molar-refractivity contribution in [3.05, 3.63) is 0 Å². The van der Waals surface area contributed by atoms with Crippen molar-refractivity contribution < 1.29 is 0 Å². The van der Waals surface area contributed by atoms with Gasteiger partial charge in [-0.15, -0.1) is 0 Å². The predicted molar refractivity (Wildman–Crippen MR) is 80.0 cm³/mol. The number of nitrogens with zero attached hydrogens (tertiary/aromatic N) is 2. The van der Waals surface area contributed by atoms with E-state index in [9.17, 15) is 0 Å². The van der Waals surface area contributed by atoms with E-state index in [4.69, 9.17) is 0 Å². The van der Waals surface area contributed by atoms with Crippen LogP contribution in [0, 0.1) is 5.41 Å². The molecule has 0 aromatic rings. The molecule has 0 radical (unpaired) electrons. The van der Waals surface area contributed by atoms with Gasteiger partial charge in [0.2, 0.25) is 0 Å². The number of rotatable bonds is 6. The van der Waals surface area contributed by atoms with Gasteiger partial charge >= 0.3 is 0 Å². The summed E-state index contributed by atoms with van der Waals surface area (Å²) in [6.07, 6.45) is 5.20. The highest BCUT2D eigenvalue weighted by Crippen LogP contribution is 2.31. The van der Waals surface area contributed by atoms with Gasteiger partial charge in [0, 0.05) is 17.9 Å². The fraction of sp³-hybridized carbons (Fsp3) is 1.00. The van der Waals surface area contributed by atoms with Crippen LogP contribution in [-0.2, 0) is 0 Å². The fourth-order valence-corrected chi connectivity index (χ4v) is 3.77. The third kappa shape index (κ3) is 4.22. The molecule has 0 aromatic heterocycles. The van der Waals surface area contributed by atoms with Crippen molar-refractivity contribution >= 4 is 15.9 Å². The molecule has 0 saturated carbocycles. The van der Waals surface area contributed by atoms with E-state index in [2.05, 4.69) is 53.7 Å². The molecule has 1 aliphatic heterocycles. The second-order valence-corrected chi connectivity index (χ2v) is 6.35. The minimum atomic E-state index is 0.470. The zero-order valence-electron chi connectivity index (χ0n) is 12.0. The lowest BCUT2D eigenvalue weighted by molar-refractivity contribution is 0.0982. The molecule has 0 bridgehead atoms. The van der Waals surface area contributed by atoms with Crippen LogP contribution in [0.2, 0.25) is 0 Å². The van der Waals surface area contributed by atoms with E-state index in [1.807, 2.05) is 0 Å². The van der Waals surface area contributed by atoms with E-state index in [1.165, 1.54) is 45.3 Å². The maximum Gasteiger partial charge on any atom is 0.0117 e. The first kappa shape index (κ1) is 15.5. The molecule has 0 aromatic carbocycles. The lowest BCUT2D eigenvalue weighted by Crippen LogP contribution is -2.46. The number of piperidine rings is 1. The normalized spacial score (nSPS) is 20.1. The molecule has 1 aliphatic rings. The van der Waals surface area contributed by atoms with Crippen molar-refractivity contribution in [1.29, 1.82) is 0 Å². The van der Waals surface area contributed by atoms with E-state index in [0.717, 1.165) is 11.4 Å². The van der Waals surface area contributed by atoms with Crippen LogP contribution >= 0.6 is 15.9 Å². The minimum Gasteiger partial charge on any atom is -0.306 e. The van der Waals surface area contributed by atoms with Gasteiger partial charge in [-0.1, -0.05) is 29.8 Å². The van der Waals surface area contributed by atoms with Gasteiger partial charge in [-0.3, -0.25) is 0 Å². The molecule has 0 spiro atoms. The van der Waals surface area contributed by atoms with E-state index in [-0.39, 0.29) is 0 Å². The van der Waals surface area contributed by atoms with Crippen molar-refractivity contribution in [3.8, 4) is 0 Å². The molecular formula is C14H29BrN2. The van der Waals surface area contributed by atoms with Crippen LogP contribution < -0.4 is 0 Å². The summed E-state index contributed by atoms with van der Waals surface area (Å²) >= 11 is 3.72. The molecule has 0 aliphatic carbocycles. The maximum absolute atomic E-state index is 3.72. The van der Waals surface area contributed by atoms with Gasteiger partial charge < -0.3 is 9.80 Å². The Hall–Kier alpha value is 0.400. The van der Waals surface area contributed by atoms with Crippen molar-refractivity contribution in [1.82, 2.24) is 9.80 Å². The zero-order valence-corrected chi connectivity index (χ0v) is 13.6. The molecule has 102 valence electrons. The first-order chi connectivity index (χ1) is 8.06. The zero-order chi connectivity index (χ0) is 12.9. The molecule has 17 heavy (non-hydrogen) atoms. The second kappa shape index (κ2) is 7.10. The first-order valence-electron chi connectivity index (χ1n) is 7.01. The summed E-state index contributed by atoms with van der Waals surface area (Å²) in [5.74, 6) is 0. The summed E-state index contributed by atoms with van der Waals surface area (Å²) in [6.45, 7) is 8.41. The second-order valence-electron chi connectivity index (χ2n) is 5.79. The Morgan fingerprint density at radius 3 is 2.18 bits per heavy atom. The number of likely N-dealkylation sites (tertiary alicyclic amines) is 1. The third-order valence-corrected chi connectivity index (χ3v) is 5.87. The molecule has 2 nitrogen and oxygen atoms in total. The SMILES string of the molecule is CCC(CC)(CBr)CN(C)C1CCN(C)CC1. The topological polar surface area (TPSA) is 6.48 Å². The van der Waals surface area contributed by atoms with Gasteiger partial charge in [-0.05, 0) is 58.3 Å². The number of halogens is 1. The Balaban J connectivity index is 2.49. The highest BCUT2D eigenvalue weighted by molar-refractivity contribution is 9.09. The fourth-order valence-electron chi connectivity index (χ4n) is 2.80. The number of hydrogen-bond acceptors (Lipinski definition) is 2. The van der Waals surface area contributed by atoms with E-state index in [0.29, 0.717) is 5.41 Å². The van der Waals surface area contributed by atoms with Crippen LogP contribution in [0.3, 0.4) is 0 Å². The van der Waals surface area contributed by atoms with E-state index < -0.39 is 0 Å². The van der Waals surface area contributed by atoms with Crippen LogP contribution in [0.5, 0.6) is 0 Å². The summed E-state index contributed by atoms with van der Waals surface area (Å²) in [5, 5.41) is 1.13. The Morgan fingerprint density at radius 2 is 1.76 bits per heavy atom. The summed E-state index contributed by atoms with van der Waals surface area (Å²) in [7, 11) is 4.55. The smallest absolute Gasteiger partial charge is 0.0117 e. The molecule has 0 N–H and O–H groups in total. The van der Waals surface area contributed by atoms with Crippen molar-refractivity contribution in [2.75, 3.05) is 39.1 Å². The Morgan fingerprint density at radius 1 is 1.24 bits per heavy atom. The number of alkyl halides is 1. The van der Waals surface area contributed by atoms with Crippen molar-refractivity contribution in [2.24, 2.45) is 5.41 Å². The van der Waals surface area contributed by atoms with Gasteiger partial charge in [0.1, 0.15) is 0 Å². The lowest BCUT2D eigenvalue weighted by atomic mass is 9.83. The average molecular weight is 305 g/mol. The van der Waals surface area contributed by atoms with Crippen LogP contribution in [0.1, 0.15) is 39.5 Å². The third-order valence-electron chi connectivity index (χ3n) is 4.68. The quantitative estimate of drug-likeness (QED) is 0.695. The van der Waals surface area contributed by atoms with Gasteiger partial charge in [0.05, 0.1) is 0 Å².